The number of nitrogens with one attached hydrogen (secondary N) is 2. The van der Waals surface area contributed by atoms with E-state index in [-0.39, 0.29) is 0 Å². The molecule has 0 radical (unpaired) electrons. The molecule has 8 nitrogen and oxygen atoms in total. The van der Waals surface area contributed by atoms with Crippen LogP contribution in [0.2, 0.25) is 0 Å². The quantitative estimate of drug-likeness (QED) is 0.435. The molecular formula is C23H26FN3O5. The topological polar surface area (TPSA) is 97.0 Å². The third-order valence-corrected chi connectivity index (χ3v) is 5.05. The molecule has 1 aliphatic heterocycles. The highest BCUT2D eigenvalue weighted by Gasteiger charge is 2.49. The van der Waals surface area contributed by atoms with Gasteiger partial charge in [-0.2, -0.15) is 0 Å². The first kappa shape index (κ1) is 23.4. The molecule has 1 unspecified atom stereocenters. The Morgan fingerprint density at radius 2 is 1.84 bits per heavy atom. The number of hydrogen-bond acceptors (Lipinski definition) is 5. The number of carbonyl (C=O) groups excluding carboxylic acids is 3. The molecule has 170 valence electrons. The SMILES string of the molecule is CCOCCOCc1cccc(NC(=O)CN2C(=O)NC(C)(c3ccc(F)cc3)C2=O)c1. The van der Waals surface area contributed by atoms with E-state index in [1.54, 1.807) is 18.2 Å². The molecule has 0 saturated carbocycles. The summed E-state index contributed by atoms with van der Waals surface area (Å²) in [6.07, 6.45) is 0. The van der Waals surface area contributed by atoms with Gasteiger partial charge in [-0.25, -0.2) is 9.18 Å². The van der Waals surface area contributed by atoms with Gasteiger partial charge in [0.25, 0.3) is 5.91 Å². The van der Waals surface area contributed by atoms with Crippen LogP contribution in [0.5, 0.6) is 0 Å². The molecule has 0 aliphatic carbocycles. The van der Waals surface area contributed by atoms with Crippen molar-refractivity contribution >= 4 is 23.5 Å². The fourth-order valence-electron chi connectivity index (χ4n) is 3.35. The molecule has 4 amide bonds. The van der Waals surface area contributed by atoms with Gasteiger partial charge in [0.15, 0.2) is 0 Å². The van der Waals surface area contributed by atoms with Gasteiger partial charge in [0, 0.05) is 12.3 Å². The summed E-state index contributed by atoms with van der Waals surface area (Å²) < 4.78 is 24.0. The van der Waals surface area contributed by atoms with Gasteiger partial charge >= 0.3 is 6.03 Å². The molecule has 1 fully saturated rings. The molecule has 3 rings (SSSR count). The zero-order chi connectivity index (χ0) is 23.1. The number of halogens is 1. The van der Waals surface area contributed by atoms with Crippen molar-refractivity contribution < 1.29 is 28.2 Å². The van der Waals surface area contributed by atoms with Gasteiger partial charge in [-0.05, 0) is 49.2 Å². The molecular weight excluding hydrogens is 417 g/mol. The molecule has 2 aromatic carbocycles. The first-order valence-electron chi connectivity index (χ1n) is 10.3. The van der Waals surface area contributed by atoms with Crippen LogP contribution in [0.4, 0.5) is 14.9 Å². The number of urea groups is 1. The third kappa shape index (κ3) is 5.49. The van der Waals surface area contributed by atoms with Crippen LogP contribution >= 0.6 is 0 Å². The normalized spacial score (nSPS) is 18.0. The average molecular weight is 443 g/mol. The Morgan fingerprint density at radius 1 is 1.12 bits per heavy atom. The average Bonchev–Trinajstić information content (AvgIpc) is 2.98. The second kappa shape index (κ2) is 10.3. The first-order chi connectivity index (χ1) is 15.3. The lowest BCUT2D eigenvalue weighted by Crippen LogP contribution is -2.42. The van der Waals surface area contributed by atoms with Crippen LogP contribution in [0.1, 0.15) is 25.0 Å². The third-order valence-electron chi connectivity index (χ3n) is 5.05. The van der Waals surface area contributed by atoms with Crippen LogP contribution in [-0.4, -0.2) is 49.1 Å². The molecule has 9 heteroatoms. The van der Waals surface area contributed by atoms with Crippen LogP contribution in [0.25, 0.3) is 0 Å². The maximum Gasteiger partial charge on any atom is 0.325 e. The Labute approximate surface area is 185 Å². The van der Waals surface area contributed by atoms with Crippen LogP contribution in [-0.2, 0) is 31.2 Å². The Balaban J connectivity index is 1.59. The number of nitrogens with zero attached hydrogens (tertiary/aromatic N) is 1. The van der Waals surface area contributed by atoms with E-state index in [2.05, 4.69) is 10.6 Å². The minimum absolute atomic E-state index is 0.361. The van der Waals surface area contributed by atoms with Crippen molar-refractivity contribution in [2.45, 2.75) is 26.0 Å². The number of imide groups is 1. The highest BCUT2D eigenvalue weighted by atomic mass is 19.1. The zero-order valence-electron chi connectivity index (χ0n) is 18.0. The fraction of sp³-hybridized carbons (Fsp3) is 0.348. The van der Waals surface area contributed by atoms with Crippen molar-refractivity contribution in [3.63, 3.8) is 0 Å². The van der Waals surface area contributed by atoms with Gasteiger partial charge in [-0.3, -0.25) is 14.5 Å². The second-order valence-corrected chi connectivity index (χ2v) is 7.45. The molecule has 1 aliphatic rings. The van der Waals surface area contributed by atoms with E-state index in [1.807, 2.05) is 13.0 Å². The Hall–Kier alpha value is -3.30. The predicted molar refractivity (Wildman–Crippen MR) is 115 cm³/mol. The number of rotatable bonds is 10. The fourth-order valence-corrected chi connectivity index (χ4v) is 3.35. The van der Waals surface area contributed by atoms with Gasteiger partial charge < -0.3 is 20.1 Å². The van der Waals surface area contributed by atoms with E-state index in [1.165, 1.54) is 31.2 Å². The van der Waals surface area contributed by atoms with Crippen molar-refractivity contribution in [1.29, 1.82) is 0 Å². The van der Waals surface area contributed by atoms with E-state index in [9.17, 15) is 18.8 Å². The maximum atomic E-state index is 13.2. The number of amides is 4. The highest BCUT2D eigenvalue weighted by Crippen LogP contribution is 2.28. The molecule has 2 aromatic rings. The summed E-state index contributed by atoms with van der Waals surface area (Å²) in [5.74, 6) is -1.56. The van der Waals surface area contributed by atoms with E-state index in [0.29, 0.717) is 37.7 Å². The van der Waals surface area contributed by atoms with Crippen molar-refractivity contribution in [3.8, 4) is 0 Å². The summed E-state index contributed by atoms with van der Waals surface area (Å²) in [4.78, 5) is 38.6. The van der Waals surface area contributed by atoms with Gasteiger partial charge in [0.1, 0.15) is 17.9 Å². The minimum Gasteiger partial charge on any atom is -0.379 e. The smallest absolute Gasteiger partial charge is 0.325 e. The molecule has 0 spiro atoms. The number of ether oxygens (including phenoxy) is 2. The van der Waals surface area contributed by atoms with Crippen molar-refractivity contribution in [2.75, 3.05) is 31.7 Å². The number of benzene rings is 2. The van der Waals surface area contributed by atoms with E-state index >= 15 is 0 Å². The lowest BCUT2D eigenvalue weighted by atomic mass is 9.92. The van der Waals surface area contributed by atoms with Crippen molar-refractivity contribution in [1.82, 2.24) is 10.2 Å². The highest BCUT2D eigenvalue weighted by molar-refractivity contribution is 6.10. The van der Waals surface area contributed by atoms with Crippen LogP contribution in [0, 0.1) is 5.82 Å². The minimum atomic E-state index is -1.37. The molecule has 1 saturated heterocycles. The molecule has 32 heavy (non-hydrogen) atoms. The standard InChI is InChI=1S/C23H26FN3O5/c1-3-31-11-12-32-15-16-5-4-6-19(13-16)25-20(28)14-27-21(29)23(2,26-22(27)30)17-7-9-18(24)10-8-17/h4-10,13H,3,11-12,14-15H2,1-2H3,(H,25,28)(H,26,30). The molecule has 1 heterocycles. The number of hydrogen-bond donors (Lipinski definition) is 2. The number of carbonyl (C=O) groups is 3. The zero-order valence-corrected chi connectivity index (χ0v) is 18.0. The van der Waals surface area contributed by atoms with Gasteiger partial charge in [-0.1, -0.05) is 24.3 Å². The van der Waals surface area contributed by atoms with Crippen LogP contribution in [0.15, 0.2) is 48.5 Å². The van der Waals surface area contributed by atoms with E-state index in [4.69, 9.17) is 9.47 Å². The largest absolute Gasteiger partial charge is 0.379 e. The first-order valence-corrected chi connectivity index (χ1v) is 10.3. The Kier molecular flexibility index (Phi) is 7.55. The van der Waals surface area contributed by atoms with Crippen LogP contribution < -0.4 is 10.6 Å². The summed E-state index contributed by atoms with van der Waals surface area (Å²) in [6.45, 7) is 4.95. The monoisotopic (exact) mass is 443 g/mol. The summed E-state index contributed by atoms with van der Waals surface area (Å²) in [5, 5.41) is 5.28. The predicted octanol–water partition coefficient (Wildman–Crippen LogP) is 2.78. The van der Waals surface area contributed by atoms with E-state index < -0.39 is 35.7 Å². The van der Waals surface area contributed by atoms with Crippen molar-refractivity contribution in [3.05, 3.63) is 65.5 Å². The summed E-state index contributed by atoms with van der Waals surface area (Å²) in [6, 6.07) is 11.7. The Bertz CT molecular complexity index is 982. The molecule has 0 aromatic heterocycles. The lowest BCUT2D eigenvalue weighted by molar-refractivity contribution is -0.133. The summed E-state index contributed by atoms with van der Waals surface area (Å²) in [5.41, 5.74) is 0.439. The summed E-state index contributed by atoms with van der Waals surface area (Å²) in [7, 11) is 0. The maximum absolute atomic E-state index is 13.2. The molecule has 0 bridgehead atoms. The molecule has 2 N–H and O–H groups in total. The van der Waals surface area contributed by atoms with E-state index in [0.717, 1.165) is 10.5 Å². The van der Waals surface area contributed by atoms with Gasteiger partial charge in [0.05, 0.1) is 19.8 Å². The van der Waals surface area contributed by atoms with Gasteiger partial charge in [0.2, 0.25) is 5.91 Å². The lowest BCUT2D eigenvalue weighted by Gasteiger charge is -2.22. The second-order valence-electron chi connectivity index (χ2n) is 7.45. The molecule has 1 atom stereocenters. The van der Waals surface area contributed by atoms with Crippen molar-refractivity contribution in [2.24, 2.45) is 0 Å². The Morgan fingerprint density at radius 3 is 2.56 bits per heavy atom. The van der Waals surface area contributed by atoms with Crippen LogP contribution in [0.3, 0.4) is 0 Å². The number of anilines is 1. The van der Waals surface area contributed by atoms with Gasteiger partial charge in [-0.15, -0.1) is 0 Å². The summed E-state index contributed by atoms with van der Waals surface area (Å²) >= 11 is 0.